The van der Waals surface area contributed by atoms with E-state index in [1.165, 1.54) is 0 Å². The average Bonchev–Trinajstić information content (AvgIpc) is 2.30. The topological polar surface area (TPSA) is 70.8 Å². The molecule has 18 heavy (non-hydrogen) atoms. The van der Waals surface area contributed by atoms with Crippen LogP contribution in [0.4, 0.5) is 5.69 Å². The molecule has 0 heterocycles. The first-order chi connectivity index (χ1) is 8.57. The normalized spacial score (nSPS) is 11.5. The molecule has 0 radical (unpaired) electrons. The predicted octanol–water partition coefficient (Wildman–Crippen LogP) is 2.56. The Morgan fingerprint density at radius 3 is 2.17 bits per heavy atom. The van der Waals surface area contributed by atoms with Crippen LogP contribution in [0.1, 0.15) is 20.8 Å². The monoisotopic (exact) mass is 273 g/mol. The second kappa shape index (κ2) is 6.78. The van der Waals surface area contributed by atoms with Gasteiger partial charge in [-0.2, -0.15) is 0 Å². The lowest BCUT2D eigenvalue weighted by atomic mass is 10.3. The summed E-state index contributed by atoms with van der Waals surface area (Å²) in [5, 5.41) is 0.384. The van der Waals surface area contributed by atoms with Gasteiger partial charge in [0.2, 0.25) is 0 Å². The molecule has 5 nitrogen and oxygen atoms in total. The van der Waals surface area contributed by atoms with Gasteiger partial charge in [0.25, 0.3) is 0 Å². The van der Waals surface area contributed by atoms with Crippen molar-refractivity contribution < 1.29 is 18.3 Å². The van der Waals surface area contributed by atoms with E-state index >= 15 is 0 Å². The Bertz CT molecular complexity index is 426. The minimum Gasteiger partial charge on any atom is -0.494 e. The van der Waals surface area contributed by atoms with Crippen LogP contribution in [0.5, 0.6) is 5.75 Å². The van der Waals surface area contributed by atoms with Gasteiger partial charge in [-0.1, -0.05) is 0 Å². The van der Waals surface area contributed by atoms with Crippen LogP contribution >= 0.6 is 7.60 Å². The van der Waals surface area contributed by atoms with Gasteiger partial charge in [-0.25, -0.2) is 0 Å². The fourth-order valence-corrected chi connectivity index (χ4v) is 3.23. The molecule has 0 aliphatic heterocycles. The summed E-state index contributed by atoms with van der Waals surface area (Å²) in [6.45, 7) is 6.55. The van der Waals surface area contributed by atoms with Crippen LogP contribution in [0.2, 0.25) is 0 Å². The Labute approximate surface area is 108 Å². The zero-order valence-corrected chi connectivity index (χ0v) is 11.9. The van der Waals surface area contributed by atoms with Gasteiger partial charge in [0.1, 0.15) is 5.75 Å². The lowest BCUT2D eigenvalue weighted by molar-refractivity contribution is 0.230. The number of nitrogens with two attached hydrogens (primary N) is 1. The molecule has 1 aromatic rings. The third-order valence-electron chi connectivity index (χ3n) is 2.20. The Hall–Kier alpha value is -1.03. The number of rotatable bonds is 7. The fourth-order valence-electron chi connectivity index (χ4n) is 1.55. The van der Waals surface area contributed by atoms with Crippen LogP contribution in [-0.2, 0) is 13.6 Å². The molecular weight excluding hydrogens is 253 g/mol. The molecule has 0 bridgehead atoms. The summed E-state index contributed by atoms with van der Waals surface area (Å²) in [5.41, 5.74) is 6.24. The molecule has 0 atom stereocenters. The van der Waals surface area contributed by atoms with Gasteiger partial charge in [-0.05, 0) is 32.9 Å². The Morgan fingerprint density at radius 1 is 1.11 bits per heavy atom. The number of anilines is 1. The molecule has 102 valence electrons. The highest BCUT2D eigenvalue weighted by Gasteiger charge is 2.29. The van der Waals surface area contributed by atoms with Crippen molar-refractivity contribution in [2.45, 2.75) is 20.8 Å². The van der Waals surface area contributed by atoms with Gasteiger partial charge in [0, 0.05) is 6.07 Å². The largest absolute Gasteiger partial charge is 0.494 e. The van der Waals surface area contributed by atoms with Gasteiger partial charge in [-0.3, -0.25) is 4.57 Å². The molecule has 0 aromatic heterocycles. The van der Waals surface area contributed by atoms with E-state index in [2.05, 4.69) is 0 Å². The summed E-state index contributed by atoms with van der Waals surface area (Å²) in [6, 6.07) is 4.97. The molecule has 0 saturated heterocycles. The van der Waals surface area contributed by atoms with E-state index in [9.17, 15) is 4.57 Å². The highest BCUT2D eigenvalue weighted by Crippen LogP contribution is 2.48. The van der Waals surface area contributed by atoms with Gasteiger partial charge >= 0.3 is 7.60 Å². The molecule has 0 aliphatic rings. The van der Waals surface area contributed by atoms with E-state index < -0.39 is 7.60 Å². The third-order valence-corrected chi connectivity index (χ3v) is 4.40. The summed E-state index contributed by atoms with van der Waals surface area (Å²) in [4.78, 5) is 0. The van der Waals surface area contributed by atoms with Crippen molar-refractivity contribution in [2.24, 2.45) is 0 Å². The molecule has 6 heteroatoms. The van der Waals surface area contributed by atoms with Gasteiger partial charge < -0.3 is 19.5 Å². The summed E-state index contributed by atoms with van der Waals surface area (Å²) in [6.07, 6.45) is 0. The van der Waals surface area contributed by atoms with Gasteiger partial charge in [0.15, 0.2) is 0 Å². The average molecular weight is 273 g/mol. The zero-order chi connectivity index (χ0) is 13.6. The van der Waals surface area contributed by atoms with Crippen LogP contribution in [0.3, 0.4) is 0 Å². The third kappa shape index (κ3) is 3.48. The molecule has 0 spiro atoms. The predicted molar refractivity (Wildman–Crippen MR) is 72.5 cm³/mol. The molecule has 0 saturated carbocycles. The molecule has 0 unspecified atom stereocenters. The lowest BCUT2D eigenvalue weighted by Crippen LogP contribution is -2.15. The summed E-state index contributed by atoms with van der Waals surface area (Å²) < 4.78 is 28.4. The second-order valence-corrected chi connectivity index (χ2v) is 5.48. The Kier molecular flexibility index (Phi) is 5.66. The Balaban J connectivity index is 3.09. The van der Waals surface area contributed by atoms with E-state index in [1.54, 1.807) is 32.0 Å². The first-order valence-electron chi connectivity index (χ1n) is 5.99. The quantitative estimate of drug-likeness (QED) is 0.610. The van der Waals surface area contributed by atoms with Crippen molar-refractivity contribution in [3.05, 3.63) is 18.2 Å². The minimum atomic E-state index is -3.33. The standard InChI is InChI=1S/C12H20NO4P/c1-4-15-10-7-8-12(11(13)9-10)18(14,16-5-2)17-6-3/h7-9H,4-6,13H2,1-3H3. The number of nitrogen functional groups attached to an aromatic ring is 1. The van der Waals surface area contributed by atoms with Crippen LogP contribution < -0.4 is 15.8 Å². The van der Waals surface area contributed by atoms with E-state index in [4.69, 9.17) is 19.5 Å². The molecule has 1 rings (SSSR count). The molecule has 0 amide bonds. The van der Waals surface area contributed by atoms with Crippen molar-refractivity contribution in [1.82, 2.24) is 0 Å². The molecule has 0 fully saturated rings. The minimum absolute atomic E-state index is 0.296. The Morgan fingerprint density at radius 2 is 1.72 bits per heavy atom. The SMILES string of the molecule is CCOc1ccc(P(=O)(OCC)OCC)c(N)c1. The maximum absolute atomic E-state index is 12.5. The van der Waals surface area contributed by atoms with E-state index in [-0.39, 0.29) is 0 Å². The highest BCUT2D eigenvalue weighted by atomic mass is 31.2. The molecule has 2 N–H and O–H groups in total. The number of hydrogen-bond donors (Lipinski definition) is 1. The molecule has 0 aliphatic carbocycles. The van der Waals surface area contributed by atoms with Crippen molar-refractivity contribution in [3.8, 4) is 5.75 Å². The summed E-state index contributed by atoms with van der Waals surface area (Å²) in [7, 11) is -3.33. The smallest absolute Gasteiger partial charge is 0.363 e. The van der Waals surface area contributed by atoms with Crippen LogP contribution in [0.25, 0.3) is 0 Å². The maximum Gasteiger partial charge on any atom is 0.363 e. The second-order valence-electron chi connectivity index (χ2n) is 3.49. The lowest BCUT2D eigenvalue weighted by Gasteiger charge is -2.19. The van der Waals surface area contributed by atoms with Crippen LogP contribution in [0.15, 0.2) is 18.2 Å². The number of benzene rings is 1. The van der Waals surface area contributed by atoms with E-state index in [0.29, 0.717) is 36.6 Å². The van der Waals surface area contributed by atoms with E-state index in [0.717, 1.165) is 0 Å². The molecule has 1 aromatic carbocycles. The number of hydrogen-bond acceptors (Lipinski definition) is 5. The first-order valence-corrected chi connectivity index (χ1v) is 7.53. The summed E-state index contributed by atoms with van der Waals surface area (Å²) >= 11 is 0. The molecular formula is C12H20NO4P. The van der Waals surface area contributed by atoms with Gasteiger partial charge in [-0.15, -0.1) is 0 Å². The van der Waals surface area contributed by atoms with Crippen molar-refractivity contribution in [1.29, 1.82) is 0 Å². The van der Waals surface area contributed by atoms with Crippen LogP contribution in [-0.4, -0.2) is 19.8 Å². The zero-order valence-electron chi connectivity index (χ0n) is 11.0. The maximum atomic E-state index is 12.5. The van der Waals surface area contributed by atoms with Crippen LogP contribution in [0, 0.1) is 0 Å². The van der Waals surface area contributed by atoms with Crippen molar-refractivity contribution in [3.63, 3.8) is 0 Å². The van der Waals surface area contributed by atoms with E-state index in [1.807, 2.05) is 6.92 Å². The summed E-state index contributed by atoms with van der Waals surface area (Å²) in [5.74, 6) is 0.637. The van der Waals surface area contributed by atoms with Gasteiger partial charge in [0.05, 0.1) is 30.8 Å². The first kappa shape index (κ1) is 15.0. The highest BCUT2D eigenvalue weighted by molar-refractivity contribution is 7.62. The fraction of sp³-hybridized carbons (Fsp3) is 0.500. The number of ether oxygens (including phenoxy) is 1. The van der Waals surface area contributed by atoms with Crippen molar-refractivity contribution >= 4 is 18.6 Å². The van der Waals surface area contributed by atoms with Crippen molar-refractivity contribution in [2.75, 3.05) is 25.6 Å².